The molecule has 0 aromatic heterocycles. The molecule has 1 aromatic rings. The van der Waals surface area contributed by atoms with Gasteiger partial charge in [-0.3, -0.25) is 14.9 Å². The third-order valence-corrected chi connectivity index (χ3v) is 6.70. The summed E-state index contributed by atoms with van der Waals surface area (Å²) in [5, 5.41) is 11.2. The molecule has 8 nitrogen and oxygen atoms in total. The molecule has 26 heavy (non-hydrogen) atoms. The number of carbonyl (C=O) groups excluding carboxylic acids is 1. The second-order valence-corrected chi connectivity index (χ2v) is 9.41. The molecule has 1 aromatic carbocycles. The minimum absolute atomic E-state index is 0.0189. The van der Waals surface area contributed by atoms with Gasteiger partial charge in [-0.25, -0.2) is 8.42 Å². The molecule has 0 unspecified atom stereocenters. The van der Waals surface area contributed by atoms with Crippen LogP contribution in [0.5, 0.6) is 0 Å². The van der Waals surface area contributed by atoms with Crippen molar-refractivity contribution in [1.82, 2.24) is 9.21 Å². The zero-order valence-corrected chi connectivity index (χ0v) is 17.1. The number of nitro benzene ring substituents is 1. The summed E-state index contributed by atoms with van der Waals surface area (Å²) in [5.41, 5.74) is -0.463. The number of sulfonamides is 1. The minimum Gasteiger partial charge on any atom is -0.340 e. The van der Waals surface area contributed by atoms with Crippen molar-refractivity contribution in [2.45, 2.75) is 31.6 Å². The lowest BCUT2D eigenvalue weighted by atomic mass is 10.1. The largest absolute Gasteiger partial charge is 0.340 e. The Morgan fingerprint density at radius 2 is 1.88 bits per heavy atom. The molecule has 1 fully saturated rings. The molecular weight excluding hydrogens is 426 g/mol. The van der Waals surface area contributed by atoms with Crippen molar-refractivity contribution < 1.29 is 18.1 Å². The van der Waals surface area contributed by atoms with Crippen LogP contribution in [-0.2, 0) is 14.8 Å². The topological polar surface area (TPSA) is 101 Å². The van der Waals surface area contributed by atoms with Gasteiger partial charge in [0.25, 0.3) is 5.69 Å². The van der Waals surface area contributed by atoms with Gasteiger partial charge in [0.15, 0.2) is 4.90 Å². The number of nitrogens with zero attached hydrogens (tertiary/aromatic N) is 3. The standard InChI is InChI=1S/C16H22BrN3O5S/c1-12(2)3-6-16(21)18-7-9-19(10-8-18)26(24,25)15-5-4-13(17)11-14(15)20(22)23/h4-5,11-12H,3,6-10H2,1-2H3. The van der Waals surface area contributed by atoms with Crippen LogP contribution in [0.1, 0.15) is 26.7 Å². The van der Waals surface area contributed by atoms with Crippen molar-refractivity contribution in [3.05, 3.63) is 32.8 Å². The van der Waals surface area contributed by atoms with E-state index in [9.17, 15) is 23.3 Å². The lowest BCUT2D eigenvalue weighted by Crippen LogP contribution is -2.50. The predicted octanol–water partition coefficient (Wildman–Crippen LogP) is 2.63. The van der Waals surface area contributed by atoms with Gasteiger partial charge in [-0.15, -0.1) is 0 Å². The number of rotatable bonds is 6. The summed E-state index contributed by atoms with van der Waals surface area (Å²) < 4.78 is 27.3. The summed E-state index contributed by atoms with van der Waals surface area (Å²) in [4.78, 5) is 24.0. The van der Waals surface area contributed by atoms with Crippen molar-refractivity contribution in [3.63, 3.8) is 0 Å². The Bertz CT molecular complexity index is 789. The van der Waals surface area contributed by atoms with Crippen molar-refractivity contribution in [2.24, 2.45) is 5.92 Å². The summed E-state index contributed by atoms with van der Waals surface area (Å²) in [6, 6.07) is 3.88. The number of carbonyl (C=O) groups is 1. The fourth-order valence-corrected chi connectivity index (χ4v) is 4.65. The van der Waals surface area contributed by atoms with E-state index in [1.54, 1.807) is 4.90 Å². The lowest BCUT2D eigenvalue weighted by molar-refractivity contribution is -0.387. The average molecular weight is 448 g/mol. The van der Waals surface area contributed by atoms with E-state index in [-0.39, 0.29) is 23.9 Å². The van der Waals surface area contributed by atoms with Crippen molar-refractivity contribution >= 4 is 37.5 Å². The quantitative estimate of drug-likeness (QED) is 0.492. The summed E-state index contributed by atoms with van der Waals surface area (Å²) in [6.07, 6.45) is 1.24. The van der Waals surface area contributed by atoms with Crippen LogP contribution in [0.15, 0.2) is 27.6 Å². The molecule has 1 amide bonds. The molecule has 0 saturated carbocycles. The molecule has 0 atom stereocenters. The second kappa shape index (κ2) is 8.45. The number of amides is 1. The summed E-state index contributed by atoms with van der Waals surface area (Å²) in [5.74, 6) is 0.448. The van der Waals surface area contributed by atoms with Gasteiger partial charge in [-0.05, 0) is 24.5 Å². The normalized spacial score (nSPS) is 16.1. The predicted molar refractivity (Wildman–Crippen MR) is 100 cm³/mol. The monoisotopic (exact) mass is 447 g/mol. The summed E-state index contributed by atoms with van der Waals surface area (Å²) >= 11 is 3.12. The molecule has 10 heteroatoms. The molecule has 1 heterocycles. The van der Waals surface area contributed by atoms with Gasteiger partial charge in [-0.1, -0.05) is 29.8 Å². The molecule has 144 valence electrons. The molecule has 1 aliphatic heterocycles. The van der Waals surface area contributed by atoms with E-state index in [0.29, 0.717) is 29.9 Å². The third kappa shape index (κ3) is 4.80. The molecule has 0 radical (unpaired) electrons. The van der Waals surface area contributed by atoms with Crippen LogP contribution < -0.4 is 0 Å². The van der Waals surface area contributed by atoms with Crippen LogP contribution in [0.25, 0.3) is 0 Å². The first kappa shape index (κ1) is 20.8. The first-order chi connectivity index (χ1) is 12.1. The minimum atomic E-state index is -4.00. The van der Waals surface area contributed by atoms with Gasteiger partial charge in [-0.2, -0.15) is 4.31 Å². The van der Waals surface area contributed by atoms with Crippen molar-refractivity contribution in [2.75, 3.05) is 26.2 Å². The van der Waals surface area contributed by atoms with Crippen molar-refractivity contribution in [1.29, 1.82) is 0 Å². The Hall–Kier alpha value is -1.52. The number of hydrogen-bond donors (Lipinski definition) is 0. The maximum Gasteiger partial charge on any atom is 0.290 e. The fraction of sp³-hybridized carbons (Fsp3) is 0.562. The highest BCUT2D eigenvalue weighted by molar-refractivity contribution is 9.10. The lowest BCUT2D eigenvalue weighted by Gasteiger charge is -2.34. The van der Waals surface area contributed by atoms with Gasteiger partial charge in [0.1, 0.15) is 0 Å². The molecule has 1 aliphatic rings. The summed E-state index contributed by atoms with van der Waals surface area (Å²) in [7, 11) is -4.00. The van der Waals surface area contributed by atoms with E-state index in [4.69, 9.17) is 0 Å². The summed E-state index contributed by atoms with van der Waals surface area (Å²) in [6.45, 7) is 4.93. The van der Waals surface area contributed by atoms with E-state index < -0.39 is 20.6 Å². The SMILES string of the molecule is CC(C)CCC(=O)N1CCN(S(=O)(=O)c2ccc(Br)cc2[N+](=O)[O-])CC1. The number of piperazine rings is 1. The molecule has 1 saturated heterocycles. The third-order valence-electron chi connectivity index (χ3n) is 4.26. The van der Waals surface area contributed by atoms with Crippen LogP contribution in [0.2, 0.25) is 0 Å². The van der Waals surface area contributed by atoms with E-state index in [1.807, 2.05) is 13.8 Å². The van der Waals surface area contributed by atoms with Crippen LogP contribution in [0.3, 0.4) is 0 Å². The van der Waals surface area contributed by atoms with E-state index in [1.165, 1.54) is 22.5 Å². The Labute approximate surface area is 161 Å². The first-order valence-electron chi connectivity index (χ1n) is 8.34. The maximum atomic E-state index is 12.8. The van der Waals surface area contributed by atoms with E-state index in [0.717, 1.165) is 6.42 Å². The molecule has 2 rings (SSSR count). The molecule has 0 bridgehead atoms. The van der Waals surface area contributed by atoms with Crippen molar-refractivity contribution in [3.8, 4) is 0 Å². The maximum absolute atomic E-state index is 12.8. The highest BCUT2D eigenvalue weighted by Gasteiger charge is 2.34. The highest BCUT2D eigenvalue weighted by atomic mass is 79.9. The zero-order valence-electron chi connectivity index (χ0n) is 14.7. The van der Waals surface area contributed by atoms with Crippen LogP contribution >= 0.6 is 15.9 Å². The Kier molecular flexibility index (Phi) is 6.75. The fourth-order valence-electron chi connectivity index (χ4n) is 2.74. The van der Waals surface area contributed by atoms with Crippen LogP contribution in [-0.4, -0.2) is 54.6 Å². The smallest absolute Gasteiger partial charge is 0.290 e. The van der Waals surface area contributed by atoms with Crippen LogP contribution in [0, 0.1) is 16.0 Å². The molecule has 0 spiro atoms. The molecular formula is C16H22BrN3O5S. The Balaban J connectivity index is 2.11. The zero-order chi connectivity index (χ0) is 19.5. The van der Waals surface area contributed by atoms with Gasteiger partial charge in [0.2, 0.25) is 15.9 Å². The molecule has 0 N–H and O–H groups in total. The van der Waals surface area contributed by atoms with Gasteiger partial charge in [0.05, 0.1) is 4.92 Å². The number of hydrogen-bond acceptors (Lipinski definition) is 5. The van der Waals surface area contributed by atoms with E-state index in [2.05, 4.69) is 15.9 Å². The number of halogens is 1. The highest BCUT2D eigenvalue weighted by Crippen LogP contribution is 2.30. The number of nitro groups is 1. The average Bonchev–Trinajstić information content (AvgIpc) is 2.59. The number of benzene rings is 1. The van der Waals surface area contributed by atoms with Gasteiger partial charge < -0.3 is 4.90 Å². The Morgan fingerprint density at radius 3 is 2.42 bits per heavy atom. The van der Waals surface area contributed by atoms with Gasteiger partial charge >= 0.3 is 0 Å². The second-order valence-electron chi connectivity index (χ2n) is 6.59. The van der Waals surface area contributed by atoms with Crippen LogP contribution in [0.4, 0.5) is 5.69 Å². The molecule has 0 aliphatic carbocycles. The first-order valence-corrected chi connectivity index (χ1v) is 10.6. The van der Waals surface area contributed by atoms with E-state index >= 15 is 0 Å². The Morgan fingerprint density at radius 1 is 1.27 bits per heavy atom. The van der Waals surface area contributed by atoms with Gasteiger partial charge in [0, 0.05) is 43.1 Å².